The van der Waals surface area contributed by atoms with Crippen LogP contribution in [-0.4, -0.2) is 42.6 Å². The van der Waals surface area contributed by atoms with E-state index in [0.29, 0.717) is 11.6 Å². The molecule has 1 aliphatic heterocycles. The predicted octanol–water partition coefficient (Wildman–Crippen LogP) is 2.38. The fourth-order valence-corrected chi connectivity index (χ4v) is 3.03. The lowest BCUT2D eigenvalue weighted by Gasteiger charge is -2.33. The number of anilines is 1. The van der Waals surface area contributed by atoms with Crippen molar-refractivity contribution < 1.29 is 4.39 Å². The molecule has 0 saturated carbocycles. The molecule has 0 spiro atoms. The molecule has 3 nitrogen and oxygen atoms in total. The fraction of sp³-hybridized carbons (Fsp3) is 0.533. The van der Waals surface area contributed by atoms with E-state index in [9.17, 15) is 4.39 Å². The predicted molar refractivity (Wildman–Crippen MR) is 85.8 cm³/mol. The molecule has 0 radical (unpaired) electrons. The summed E-state index contributed by atoms with van der Waals surface area (Å²) in [5.41, 5.74) is 7.37. The first kappa shape index (κ1) is 15.2. The summed E-state index contributed by atoms with van der Waals surface area (Å²) in [4.78, 5) is 4.93. The summed E-state index contributed by atoms with van der Waals surface area (Å²) in [6, 6.07) is 5.14. The molecule has 0 amide bonds. The summed E-state index contributed by atoms with van der Waals surface area (Å²) in [7, 11) is 2.14. The SMILES string of the molecule is CCC1CN(C)CCCN1c1ccc(F)cc1C(N)=S. The maximum atomic E-state index is 13.5. The van der Waals surface area contributed by atoms with Crippen LogP contribution in [0.4, 0.5) is 10.1 Å². The number of nitrogens with zero attached hydrogens (tertiary/aromatic N) is 2. The summed E-state index contributed by atoms with van der Waals surface area (Å²) in [5.74, 6) is -0.295. The molecule has 0 aliphatic carbocycles. The van der Waals surface area contributed by atoms with Crippen LogP contribution in [0.5, 0.6) is 0 Å². The molecule has 1 atom stereocenters. The monoisotopic (exact) mass is 295 g/mol. The van der Waals surface area contributed by atoms with Crippen molar-refractivity contribution in [3.05, 3.63) is 29.6 Å². The summed E-state index contributed by atoms with van der Waals surface area (Å²) in [6.07, 6.45) is 2.12. The Bertz CT molecular complexity index is 492. The van der Waals surface area contributed by atoms with Gasteiger partial charge in [0, 0.05) is 30.4 Å². The third-order valence-corrected chi connectivity index (χ3v) is 4.13. The Hall–Kier alpha value is -1.20. The quantitative estimate of drug-likeness (QED) is 0.868. The van der Waals surface area contributed by atoms with Gasteiger partial charge in [-0.3, -0.25) is 0 Å². The van der Waals surface area contributed by atoms with Crippen molar-refractivity contribution in [3.63, 3.8) is 0 Å². The third-order valence-electron chi connectivity index (χ3n) is 3.91. The minimum absolute atomic E-state index is 0.256. The van der Waals surface area contributed by atoms with Gasteiger partial charge in [0.05, 0.1) is 0 Å². The van der Waals surface area contributed by atoms with Crippen molar-refractivity contribution in [1.29, 1.82) is 0 Å². The summed E-state index contributed by atoms with van der Waals surface area (Å²) in [6.45, 7) is 5.21. The van der Waals surface area contributed by atoms with Gasteiger partial charge in [0.25, 0.3) is 0 Å². The zero-order chi connectivity index (χ0) is 14.7. The van der Waals surface area contributed by atoms with Crippen molar-refractivity contribution >= 4 is 22.9 Å². The smallest absolute Gasteiger partial charge is 0.124 e. The van der Waals surface area contributed by atoms with Crippen LogP contribution in [0.2, 0.25) is 0 Å². The molecule has 1 aromatic rings. The standard InChI is InChI=1S/C15H22FN3S/c1-3-12-10-18(2)7-4-8-19(12)14-6-5-11(16)9-13(14)15(17)20/h5-6,9,12H,3-4,7-8,10H2,1-2H3,(H2,17,20). The molecular weight excluding hydrogens is 273 g/mol. The number of thiocarbonyl (C=S) groups is 1. The van der Waals surface area contributed by atoms with Crippen LogP contribution >= 0.6 is 12.2 Å². The lowest BCUT2D eigenvalue weighted by molar-refractivity contribution is 0.328. The molecule has 0 bridgehead atoms. The Labute approximate surface area is 125 Å². The largest absolute Gasteiger partial charge is 0.389 e. The topological polar surface area (TPSA) is 32.5 Å². The minimum Gasteiger partial charge on any atom is -0.389 e. The zero-order valence-corrected chi connectivity index (χ0v) is 12.9. The van der Waals surface area contributed by atoms with Crippen LogP contribution in [0.1, 0.15) is 25.3 Å². The molecule has 1 heterocycles. The lowest BCUT2D eigenvalue weighted by Crippen LogP contribution is -2.40. The van der Waals surface area contributed by atoms with Gasteiger partial charge in [-0.2, -0.15) is 0 Å². The zero-order valence-electron chi connectivity index (χ0n) is 12.1. The van der Waals surface area contributed by atoms with E-state index >= 15 is 0 Å². The Balaban J connectivity index is 2.39. The third kappa shape index (κ3) is 3.27. The highest BCUT2D eigenvalue weighted by molar-refractivity contribution is 7.80. The normalized spacial score (nSPS) is 20.8. The van der Waals surface area contributed by atoms with Gasteiger partial charge in [-0.1, -0.05) is 19.1 Å². The van der Waals surface area contributed by atoms with Crippen LogP contribution in [0.25, 0.3) is 0 Å². The number of likely N-dealkylation sites (N-methyl/N-ethyl adjacent to an activating group) is 1. The molecule has 2 N–H and O–H groups in total. The van der Waals surface area contributed by atoms with Crippen LogP contribution in [0.3, 0.4) is 0 Å². The van der Waals surface area contributed by atoms with Crippen molar-refractivity contribution in [3.8, 4) is 0 Å². The Kier molecular flexibility index (Phi) is 4.94. The molecule has 1 fully saturated rings. The van der Waals surface area contributed by atoms with Gasteiger partial charge in [0.15, 0.2) is 0 Å². The number of rotatable bonds is 3. The van der Waals surface area contributed by atoms with E-state index in [2.05, 4.69) is 23.8 Å². The molecule has 5 heteroatoms. The summed E-state index contributed by atoms with van der Waals surface area (Å²) < 4.78 is 13.5. The summed E-state index contributed by atoms with van der Waals surface area (Å²) in [5, 5.41) is 0. The lowest BCUT2D eigenvalue weighted by atomic mass is 10.1. The molecule has 2 rings (SSSR count). The van der Waals surface area contributed by atoms with Crippen LogP contribution in [0.15, 0.2) is 18.2 Å². The van der Waals surface area contributed by atoms with Gasteiger partial charge in [0.2, 0.25) is 0 Å². The van der Waals surface area contributed by atoms with E-state index in [1.54, 1.807) is 6.07 Å². The first-order valence-electron chi connectivity index (χ1n) is 7.07. The van der Waals surface area contributed by atoms with E-state index in [-0.39, 0.29) is 10.8 Å². The average molecular weight is 295 g/mol. The van der Waals surface area contributed by atoms with Crippen LogP contribution < -0.4 is 10.6 Å². The fourth-order valence-electron chi connectivity index (χ4n) is 2.87. The van der Waals surface area contributed by atoms with E-state index in [1.807, 2.05) is 0 Å². The van der Waals surface area contributed by atoms with Crippen molar-refractivity contribution in [2.45, 2.75) is 25.8 Å². The highest BCUT2D eigenvalue weighted by Crippen LogP contribution is 2.26. The number of nitrogens with two attached hydrogens (primary N) is 1. The first-order chi connectivity index (χ1) is 9.52. The molecule has 110 valence electrons. The van der Waals surface area contributed by atoms with E-state index in [1.165, 1.54) is 12.1 Å². The molecule has 1 aliphatic rings. The second-order valence-corrected chi connectivity index (χ2v) is 5.84. The molecule has 1 unspecified atom stereocenters. The Morgan fingerprint density at radius 2 is 2.20 bits per heavy atom. The van der Waals surface area contributed by atoms with E-state index < -0.39 is 0 Å². The van der Waals surface area contributed by atoms with Crippen LogP contribution in [-0.2, 0) is 0 Å². The van der Waals surface area contributed by atoms with Crippen molar-refractivity contribution in [1.82, 2.24) is 4.90 Å². The summed E-state index contributed by atoms with van der Waals surface area (Å²) >= 11 is 5.08. The Morgan fingerprint density at radius 3 is 2.85 bits per heavy atom. The first-order valence-corrected chi connectivity index (χ1v) is 7.48. The second kappa shape index (κ2) is 6.50. The van der Waals surface area contributed by atoms with Crippen LogP contribution in [0, 0.1) is 5.82 Å². The van der Waals surface area contributed by atoms with Crippen molar-refractivity contribution in [2.75, 3.05) is 31.6 Å². The number of halogens is 1. The maximum absolute atomic E-state index is 13.5. The highest BCUT2D eigenvalue weighted by Gasteiger charge is 2.24. The van der Waals surface area contributed by atoms with Gasteiger partial charge in [-0.05, 0) is 44.6 Å². The van der Waals surface area contributed by atoms with E-state index in [0.717, 1.165) is 38.2 Å². The maximum Gasteiger partial charge on any atom is 0.124 e. The van der Waals surface area contributed by atoms with Gasteiger partial charge in [-0.25, -0.2) is 4.39 Å². The minimum atomic E-state index is -0.295. The van der Waals surface area contributed by atoms with Gasteiger partial charge in [-0.15, -0.1) is 0 Å². The Morgan fingerprint density at radius 1 is 1.45 bits per heavy atom. The number of benzene rings is 1. The second-order valence-electron chi connectivity index (χ2n) is 5.40. The van der Waals surface area contributed by atoms with Gasteiger partial charge >= 0.3 is 0 Å². The average Bonchev–Trinajstić information content (AvgIpc) is 2.60. The highest BCUT2D eigenvalue weighted by atomic mass is 32.1. The molecule has 1 aromatic carbocycles. The van der Waals surface area contributed by atoms with Gasteiger partial charge < -0.3 is 15.5 Å². The number of hydrogen-bond donors (Lipinski definition) is 1. The molecular formula is C15H22FN3S. The number of hydrogen-bond acceptors (Lipinski definition) is 3. The molecule has 0 aromatic heterocycles. The molecule has 1 saturated heterocycles. The van der Waals surface area contributed by atoms with E-state index in [4.69, 9.17) is 18.0 Å². The van der Waals surface area contributed by atoms with Crippen molar-refractivity contribution in [2.24, 2.45) is 5.73 Å². The van der Waals surface area contributed by atoms with Gasteiger partial charge in [0.1, 0.15) is 10.8 Å². The molecule has 20 heavy (non-hydrogen) atoms.